The predicted octanol–water partition coefficient (Wildman–Crippen LogP) is 2.61. The monoisotopic (exact) mass is 297 g/mol. The van der Waals surface area contributed by atoms with Crippen LogP contribution in [0.25, 0.3) is 0 Å². The van der Waals surface area contributed by atoms with E-state index in [1.54, 1.807) is 0 Å². The lowest BCUT2D eigenvalue weighted by Crippen LogP contribution is -2.19. The summed E-state index contributed by atoms with van der Waals surface area (Å²) < 4.78 is 4.13. The second kappa shape index (κ2) is 8.76. The summed E-state index contributed by atoms with van der Waals surface area (Å²) in [5.74, 6) is 0. The van der Waals surface area contributed by atoms with Crippen LogP contribution in [-0.2, 0) is 26.2 Å². The molecule has 0 aliphatic carbocycles. The van der Waals surface area contributed by atoms with E-state index < -0.39 is 0 Å². The molecule has 0 aromatic carbocycles. The van der Waals surface area contributed by atoms with Gasteiger partial charge in [-0.05, 0) is 25.0 Å². The van der Waals surface area contributed by atoms with Crippen molar-refractivity contribution in [3.63, 3.8) is 0 Å². The maximum absolute atomic E-state index is 4.33. The van der Waals surface area contributed by atoms with Gasteiger partial charge in [0, 0.05) is 38.6 Å². The maximum Gasteiger partial charge on any atom is 0.0522 e. The topological polar surface area (TPSA) is 47.7 Å². The van der Waals surface area contributed by atoms with E-state index in [0.29, 0.717) is 0 Å². The summed E-state index contributed by atoms with van der Waals surface area (Å²) >= 11 is 0. The molecule has 0 amide bonds. The fourth-order valence-corrected chi connectivity index (χ4v) is 2.17. The molecule has 0 spiro atoms. The van der Waals surface area contributed by atoms with E-state index >= 15 is 0 Å². The Hall–Kier alpha value is -1.33. The van der Waals surface area contributed by atoms with E-state index in [9.17, 15) is 0 Å². The molecular formula is C14H24ClN5. The summed E-state index contributed by atoms with van der Waals surface area (Å²) in [7, 11) is 0. The van der Waals surface area contributed by atoms with Crippen LogP contribution in [0.15, 0.2) is 24.5 Å². The Kier molecular flexibility index (Phi) is 7.33. The first-order valence-electron chi connectivity index (χ1n) is 7.07. The second-order valence-electron chi connectivity index (χ2n) is 4.69. The van der Waals surface area contributed by atoms with Gasteiger partial charge in [-0.1, -0.05) is 13.8 Å². The van der Waals surface area contributed by atoms with E-state index in [1.165, 1.54) is 11.4 Å². The van der Waals surface area contributed by atoms with Gasteiger partial charge in [0.05, 0.1) is 11.4 Å². The van der Waals surface area contributed by atoms with Crippen LogP contribution in [0.2, 0.25) is 0 Å². The molecule has 5 nitrogen and oxygen atoms in total. The van der Waals surface area contributed by atoms with Crippen LogP contribution >= 0.6 is 12.4 Å². The first-order valence-corrected chi connectivity index (χ1v) is 7.07. The number of aryl methyl sites for hydroxylation is 2. The molecule has 0 fully saturated rings. The minimum absolute atomic E-state index is 0. The minimum atomic E-state index is 0. The molecule has 0 aliphatic heterocycles. The summed E-state index contributed by atoms with van der Waals surface area (Å²) in [6.45, 7) is 7.99. The molecule has 2 aromatic rings. The average molecular weight is 298 g/mol. The normalized spacial score (nSPS) is 10.5. The zero-order chi connectivity index (χ0) is 13.5. The van der Waals surface area contributed by atoms with Crippen LogP contribution in [0, 0.1) is 0 Å². The Balaban J connectivity index is 0.00000200. The van der Waals surface area contributed by atoms with Crippen LogP contribution in [0.5, 0.6) is 0 Å². The van der Waals surface area contributed by atoms with Gasteiger partial charge in [0.25, 0.3) is 0 Å². The molecule has 2 rings (SSSR count). The first-order chi connectivity index (χ1) is 9.35. The molecular weight excluding hydrogens is 274 g/mol. The third kappa shape index (κ3) is 4.35. The van der Waals surface area contributed by atoms with Gasteiger partial charge in [0.15, 0.2) is 0 Å². The van der Waals surface area contributed by atoms with Gasteiger partial charge < -0.3 is 5.32 Å². The summed E-state index contributed by atoms with van der Waals surface area (Å²) in [5, 5.41) is 12.1. The third-order valence-corrected chi connectivity index (χ3v) is 3.09. The highest BCUT2D eigenvalue weighted by Crippen LogP contribution is 2.03. The minimum Gasteiger partial charge on any atom is -0.306 e. The Labute approximate surface area is 126 Å². The van der Waals surface area contributed by atoms with Crippen molar-refractivity contribution < 1.29 is 0 Å². The fourth-order valence-electron chi connectivity index (χ4n) is 2.17. The lowest BCUT2D eigenvalue weighted by molar-refractivity contribution is 0.525. The zero-order valence-electron chi connectivity index (χ0n) is 12.2. The molecule has 0 aliphatic rings. The Morgan fingerprint density at radius 3 is 1.75 bits per heavy atom. The predicted molar refractivity (Wildman–Crippen MR) is 82.8 cm³/mol. The molecule has 112 valence electrons. The van der Waals surface area contributed by atoms with Crippen LogP contribution in [-0.4, -0.2) is 19.6 Å². The molecule has 2 aromatic heterocycles. The van der Waals surface area contributed by atoms with Crippen LogP contribution in [0.4, 0.5) is 0 Å². The zero-order valence-corrected chi connectivity index (χ0v) is 13.1. The summed E-state index contributed by atoms with van der Waals surface area (Å²) in [4.78, 5) is 0. The third-order valence-electron chi connectivity index (χ3n) is 3.09. The van der Waals surface area contributed by atoms with Gasteiger partial charge in [0.2, 0.25) is 0 Å². The number of nitrogens with zero attached hydrogens (tertiary/aromatic N) is 4. The standard InChI is InChI=1S/C14H23N5.ClH/c1-3-9-18-13(5-7-16-18)11-15-12-14-6-8-17-19(14)10-4-2;/h5-8,15H,3-4,9-12H2,1-2H3;1H. The number of aromatic nitrogens is 4. The van der Waals surface area contributed by atoms with Gasteiger partial charge in [-0.3, -0.25) is 9.36 Å². The quantitative estimate of drug-likeness (QED) is 0.815. The van der Waals surface area contributed by atoms with Crippen LogP contribution in [0.3, 0.4) is 0 Å². The molecule has 2 heterocycles. The molecule has 0 radical (unpaired) electrons. The van der Waals surface area contributed by atoms with Gasteiger partial charge in [-0.25, -0.2) is 0 Å². The first kappa shape index (κ1) is 16.7. The Morgan fingerprint density at radius 1 is 0.900 bits per heavy atom. The van der Waals surface area contributed by atoms with E-state index in [0.717, 1.165) is 39.0 Å². The van der Waals surface area contributed by atoms with E-state index in [-0.39, 0.29) is 12.4 Å². The number of rotatable bonds is 8. The molecule has 0 bridgehead atoms. The Bertz CT molecular complexity index is 447. The van der Waals surface area contributed by atoms with Crippen molar-refractivity contribution in [1.29, 1.82) is 0 Å². The highest BCUT2D eigenvalue weighted by atomic mass is 35.5. The lowest BCUT2D eigenvalue weighted by Gasteiger charge is -2.09. The lowest BCUT2D eigenvalue weighted by atomic mass is 10.3. The van der Waals surface area contributed by atoms with Crippen molar-refractivity contribution in [2.24, 2.45) is 0 Å². The molecule has 0 saturated heterocycles. The van der Waals surface area contributed by atoms with E-state index in [1.807, 2.05) is 12.4 Å². The van der Waals surface area contributed by atoms with Gasteiger partial charge in [-0.2, -0.15) is 10.2 Å². The summed E-state index contributed by atoms with van der Waals surface area (Å²) in [6, 6.07) is 4.15. The van der Waals surface area contributed by atoms with Crippen molar-refractivity contribution >= 4 is 12.4 Å². The average Bonchev–Trinajstić information content (AvgIpc) is 3.01. The molecule has 0 saturated carbocycles. The number of hydrogen-bond donors (Lipinski definition) is 1. The number of nitrogens with one attached hydrogen (secondary N) is 1. The summed E-state index contributed by atoms with van der Waals surface area (Å²) in [6.07, 6.45) is 5.96. The van der Waals surface area contributed by atoms with Gasteiger partial charge in [0.1, 0.15) is 0 Å². The van der Waals surface area contributed by atoms with Crippen molar-refractivity contribution in [3.8, 4) is 0 Å². The SMILES string of the molecule is CCCn1nccc1CNCc1ccnn1CCC.Cl. The van der Waals surface area contributed by atoms with E-state index in [4.69, 9.17) is 0 Å². The molecule has 0 atom stereocenters. The molecule has 0 unspecified atom stereocenters. The Morgan fingerprint density at radius 2 is 1.35 bits per heavy atom. The maximum atomic E-state index is 4.33. The van der Waals surface area contributed by atoms with Crippen molar-refractivity contribution in [1.82, 2.24) is 24.9 Å². The fraction of sp³-hybridized carbons (Fsp3) is 0.571. The van der Waals surface area contributed by atoms with Crippen LogP contribution in [0.1, 0.15) is 38.1 Å². The smallest absolute Gasteiger partial charge is 0.0522 e. The molecule has 20 heavy (non-hydrogen) atoms. The number of halogens is 1. The van der Waals surface area contributed by atoms with E-state index in [2.05, 4.69) is 50.9 Å². The highest BCUT2D eigenvalue weighted by molar-refractivity contribution is 5.85. The van der Waals surface area contributed by atoms with Crippen LogP contribution < -0.4 is 5.32 Å². The summed E-state index contributed by atoms with van der Waals surface area (Å²) in [5.41, 5.74) is 2.48. The molecule has 1 N–H and O–H groups in total. The van der Waals surface area contributed by atoms with Gasteiger partial charge in [-0.15, -0.1) is 12.4 Å². The van der Waals surface area contributed by atoms with Crippen molar-refractivity contribution in [2.75, 3.05) is 0 Å². The molecule has 6 heteroatoms. The van der Waals surface area contributed by atoms with Crippen molar-refractivity contribution in [3.05, 3.63) is 35.9 Å². The van der Waals surface area contributed by atoms with Gasteiger partial charge >= 0.3 is 0 Å². The van der Waals surface area contributed by atoms with Crippen molar-refractivity contribution in [2.45, 2.75) is 52.9 Å². The number of hydrogen-bond acceptors (Lipinski definition) is 3. The highest BCUT2D eigenvalue weighted by Gasteiger charge is 2.03. The largest absolute Gasteiger partial charge is 0.306 e. The second-order valence-corrected chi connectivity index (χ2v) is 4.69.